The second-order valence-electron chi connectivity index (χ2n) is 6.27. The van der Waals surface area contributed by atoms with E-state index < -0.39 is 0 Å². The van der Waals surface area contributed by atoms with Crippen LogP contribution in [0.4, 0.5) is 0 Å². The lowest BCUT2D eigenvalue weighted by Crippen LogP contribution is -2.28. The molecule has 0 spiro atoms. The number of ether oxygens (including phenoxy) is 2. The highest BCUT2D eigenvalue weighted by Gasteiger charge is 2.26. The summed E-state index contributed by atoms with van der Waals surface area (Å²) in [5.74, 6) is 3.32. The average molecular weight is 261 g/mol. The smallest absolute Gasteiger partial charge is 0.127 e. The van der Waals surface area contributed by atoms with Crippen LogP contribution in [-0.4, -0.2) is 12.7 Å². The van der Waals surface area contributed by atoms with Crippen molar-refractivity contribution in [1.29, 1.82) is 0 Å². The maximum absolute atomic E-state index is 6.14. The standard InChI is InChI=1S/C16H23NO2/c1-10-5-11(2)7-13(6-10)19-12-3-4-14-15(17)9-18-16(14)8-12/h3-4,8,10-11,13,15H,5-7,9,17H2,1-2H3. The molecule has 0 aromatic heterocycles. The van der Waals surface area contributed by atoms with Crippen LogP contribution in [0.1, 0.15) is 44.7 Å². The molecule has 3 rings (SSSR count). The number of nitrogens with two attached hydrogens (primary N) is 1. The fourth-order valence-corrected chi connectivity index (χ4v) is 3.45. The number of hydrogen-bond donors (Lipinski definition) is 1. The lowest BCUT2D eigenvalue weighted by atomic mass is 9.82. The van der Waals surface area contributed by atoms with Crippen molar-refractivity contribution >= 4 is 0 Å². The maximum Gasteiger partial charge on any atom is 0.127 e. The Morgan fingerprint density at radius 1 is 1.16 bits per heavy atom. The van der Waals surface area contributed by atoms with Gasteiger partial charge in [-0.25, -0.2) is 0 Å². The van der Waals surface area contributed by atoms with Gasteiger partial charge in [0.1, 0.15) is 18.1 Å². The van der Waals surface area contributed by atoms with Gasteiger partial charge in [0, 0.05) is 11.6 Å². The lowest BCUT2D eigenvalue weighted by Gasteiger charge is -2.31. The first-order valence-electron chi connectivity index (χ1n) is 7.31. The van der Waals surface area contributed by atoms with Crippen LogP contribution < -0.4 is 15.2 Å². The summed E-state index contributed by atoms with van der Waals surface area (Å²) in [7, 11) is 0. The molecule has 1 saturated carbocycles. The van der Waals surface area contributed by atoms with Crippen molar-refractivity contribution in [3.8, 4) is 11.5 Å². The number of hydrogen-bond acceptors (Lipinski definition) is 3. The minimum absolute atomic E-state index is 0.0128. The van der Waals surface area contributed by atoms with Crippen LogP contribution in [0.25, 0.3) is 0 Å². The van der Waals surface area contributed by atoms with Gasteiger partial charge in [0.15, 0.2) is 0 Å². The molecule has 3 atom stereocenters. The molecule has 3 heteroatoms. The third kappa shape index (κ3) is 2.71. The minimum Gasteiger partial charge on any atom is -0.491 e. The van der Waals surface area contributed by atoms with E-state index >= 15 is 0 Å². The normalized spacial score (nSPS) is 33.6. The summed E-state index contributed by atoms with van der Waals surface area (Å²) in [5, 5.41) is 0. The van der Waals surface area contributed by atoms with Crippen molar-refractivity contribution in [2.75, 3.05) is 6.61 Å². The molecule has 0 radical (unpaired) electrons. The van der Waals surface area contributed by atoms with E-state index in [2.05, 4.69) is 13.8 Å². The maximum atomic E-state index is 6.14. The molecule has 2 N–H and O–H groups in total. The highest BCUT2D eigenvalue weighted by atomic mass is 16.5. The Morgan fingerprint density at radius 2 is 1.89 bits per heavy atom. The fraction of sp³-hybridized carbons (Fsp3) is 0.625. The predicted molar refractivity (Wildman–Crippen MR) is 75.5 cm³/mol. The molecule has 0 bridgehead atoms. The molecule has 3 unspecified atom stereocenters. The first-order valence-corrected chi connectivity index (χ1v) is 7.31. The van der Waals surface area contributed by atoms with Gasteiger partial charge in [-0.1, -0.05) is 13.8 Å². The Labute approximate surface area is 115 Å². The quantitative estimate of drug-likeness (QED) is 0.888. The Kier molecular flexibility index (Phi) is 3.40. The molecular weight excluding hydrogens is 238 g/mol. The van der Waals surface area contributed by atoms with E-state index in [1.54, 1.807) is 0 Å². The molecule has 1 aromatic carbocycles. The van der Waals surface area contributed by atoms with Crippen molar-refractivity contribution in [2.45, 2.75) is 45.3 Å². The summed E-state index contributed by atoms with van der Waals surface area (Å²) in [6.07, 6.45) is 3.97. The highest BCUT2D eigenvalue weighted by molar-refractivity contribution is 5.44. The van der Waals surface area contributed by atoms with Gasteiger partial charge in [-0.05, 0) is 43.2 Å². The minimum atomic E-state index is 0.0128. The summed E-state index contributed by atoms with van der Waals surface area (Å²) >= 11 is 0. The van der Waals surface area contributed by atoms with E-state index in [-0.39, 0.29) is 6.04 Å². The molecule has 1 aromatic rings. The van der Waals surface area contributed by atoms with Gasteiger partial charge >= 0.3 is 0 Å². The molecular formula is C16H23NO2. The molecule has 1 aliphatic heterocycles. The highest BCUT2D eigenvalue weighted by Crippen LogP contribution is 2.36. The molecule has 19 heavy (non-hydrogen) atoms. The van der Waals surface area contributed by atoms with Gasteiger partial charge in [0.05, 0.1) is 12.1 Å². The topological polar surface area (TPSA) is 44.5 Å². The molecule has 1 fully saturated rings. The average Bonchev–Trinajstić information content (AvgIpc) is 2.69. The first-order chi connectivity index (χ1) is 9.11. The number of fused-ring (bicyclic) bond motifs is 1. The van der Waals surface area contributed by atoms with Crippen LogP contribution in [0.15, 0.2) is 18.2 Å². The monoisotopic (exact) mass is 261 g/mol. The molecule has 0 amide bonds. The van der Waals surface area contributed by atoms with E-state index in [0.717, 1.165) is 41.7 Å². The van der Waals surface area contributed by atoms with Gasteiger partial charge in [-0.15, -0.1) is 0 Å². The summed E-state index contributed by atoms with van der Waals surface area (Å²) in [6, 6.07) is 6.07. The van der Waals surface area contributed by atoms with Crippen molar-refractivity contribution in [3.05, 3.63) is 23.8 Å². The molecule has 1 aliphatic carbocycles. The van der Waals surface area contributed by atoms with Crippen molar-refractivity contribution < 1.29 is 9.47 Å². The van der Waals surface area contributed by atoms with E-state index in [1.807, 2.05) is 18.2 Å². The van der Waals surface area contributed by atoms with Gasteiger partial charge < -0.3 is 15.2 Å². The Balaban J connectivity index is 1.70. The zero-order valence-corrected chi connectivity index (χ0v) is 11.8. The largest absolute Gasteiger partial charge is 0.491 e. The van der Waals surface area contributed by atoms with Crippen LogP contribution in [0.3, 0.4) is 0 Å². The van der Waals surface area contributed by atoms with Crippen molar-refractivity contribution in [1.82, 2.24) is 0 Å². The molecule has 2 aliphatic rings. The van der Waals surface area contributed by atoms with Gasteiger partial charge in [0.2, 0.25) is 0 Å². The second kappa shape index (κ2) is 5.04. The molecule has 1 heterocycles. The first kappa shape index (κ1) is 12.8. The van der Waals surface area contributed by atoms with Crippen LogP contribution >= 0.6 is 0 Å². The van der Waals surface area contributed by atoms with E-state index in [9.17, 15) is 0 Å². The van der Waals surface area contributed by atoms with Crippen LogP contribution in [0, 0.1) is 11.8 Å². The summed E-state index contributed by atoms with van der Waals surface area (Å²) in [5.41, 5.74) is 7.05. The van der Waals surface area contributed by atoms with E-state index in [4.69, 9.17) is 15.2 Å². The number of rotatable bonds is 2. The lowest BCUT2D eigenvalue weighted by molar-refractivity contribution is 0.101. The van der Waals surface area contributed by atoms with Gasteiger partial charge in [-0.3, -0.25) is 0 Å². The fourth-order valence-electron chi connectivity index (χ4n) is 3.45. The van der Waals surface area contributed by atoms with Crippen LogP contribution in [0.5, 0.6) is 11.5 Å². The molecule has 0 saturated heterocycles. The number of benzene rings is 1. The Bertz CT molecular complexity index is 450. The van der Waals surface area contributed by atoms with Crippen LogP contribution in [-0.2, 0) is 0 Å². The third-order valence-electron chi connectivity index (χ3n) is 4.24. The van der Waals surface area contributed by atoms with Crippen molar-refractivity contribution in [3.63, 3.8) is 0 Å². The Morgan fingerprint density at radius 3 is 2.63 bits per heavy atom. The molecule has 104 valence electrons. The summed E-state index contributed by atoms with van der Waals surface area (Å²) in [4.78, 5) is 0. The van der Waals surface area contributed by atoms with Gasteiger partial charge in [0.25, 0.3) is 0 Å². The summed E-state index contributed by atoms with van der Waals surface area (Å²) in [6.45, 7) is 5.21. The zero-order chi connectivity index (χ0) is 13.4. The SMILES string of the molecule is CC1CC(C)CC(Oc2ccc3c(c2)OCC3N)C1. The molecule has 3 nitrogen and oxygen atoms in total. The van der Waals surface area contributed by atoms with E-state index in [1.165, 1.54) is 6.42 Å². The van der Waals surface area contributed by atoms with E-state index in [0.29, 0.717) is 12.7 Å². The van der Waals surface area contributed by atoms with Gasteiger partial charge in [-0.2, -0.15) is 0 Å². The summed E-state index contributed by atoms with van der Waals surface area (Å²) < 4.78 is 11.7. The Hall–Kier alpha value is -1.22. The predicted octanol–water partition coefficient (Wildman–Crippen LogP) is 3.28. The third-order valence-corrected chi connectivity index (χ3v) is 4.24. The van der Waals surface area contributed by atoms with Crippen LogP contribution in [0.2, 0.25) is 0 Å². The zero-order valence-electron chi connectivity index (χ0n) is 11.8. The second-order valence-corrected chi connectivity index (χ2v) is 6.27. The van der Waals surface area contributed by atoms with Crippen molar-refractivity contribution in [2.24, 2.45) is 17.6 Å².